The van der Waals surface area contributed by atoms with E-state index in [0.29, 0.717) is 0 Å². The zero-order chi connectivity index (χ0) is 8.04. The van der Waals surface area contributed by atoms with Gasteiger partial charge in [0.25, 0.3) is 0 Å². The Kier molecular flexibility index (Phi) is 5.18. The van der Waals surface area contributed by atoms with Crippen molar-refractivity contribution in [2.75, 3.05) is 6.61 Å². The van der Waals surface area contributed by atoms with Gasteiger partial charge in [0.05, 0.1) is 0 Å². The van der Waals surface area contributed by atoms with Crippen LogP contribution in [0.25, 0.3) is 0 Å². The lowest BCUT2D eigenvalue weighted by Crippen LogP contribution is -2.21. The minimum atomic E-state index is 0.0868. The predicted octanol–water partition coefficient (Wildman–Crippen LogP) is 2.25. The molecule has 10 heavy (non-hydrogen) atoms. The van der Waals surface area contributed by atoms with Crippen molar-refractivity contribution in [3.8, 4) is 0 Å². The van der Waals surface area contributed by atoms with Crippen molar-refractivity contribution in [1.82, 2.24) is 0 Å². The molecule has 0 aliphatic rings. The molecule has 0 bridgehead atoms. The van der Waals surface area contributed by atoms with E-state index < -0.39 is 0 Å². The van der Waals surface area contributed by atoms with Gasteiger partial charge < -0.3 is 5.11 Å². The summed E-state index contributed by atoms with van der Waals surface area (Å²) in [7, 11) is 0. The zero-order valence-electron chi connectivity index (χ0n) is 6.93. The first-order valence-corrected chi connectivity index (χ1v) is 4.46. The lowest BCUT2D eigenvalue weighted by Gasteiger charge is -2.25. The molecular weight excluding hydrogens is 144 g/mol. The fraction of sp³-hybridized carbons (Fsp3) is 1.00. The summed E-state index contributed by atoms with van der Waals surface area (Å²) in [4.78, 5) is 0. The maximum Gasteiger partial charge on any atom is 0.0444 e. The lowest BCUT2D eigenvalue weighted by molar-refractivity contribution is 0.262. The fourth-order valence-electron chi connectivity index (χ4n) is 1.15. The van der Waals surface area contributed by atoms with Crippen molar-refractivity contribution in [1.29, 1.82) is 0 Å². The van der Waals surface area contributed by atoms with E-state index in [1.165, 1.54) is 0 Å². The first-order valence-electron chi connectivity index (χ1n) is 4.01. The van der Waals surface area contributed by atoms with Crippen LogP contribution in [0.4, 0.5) is 0 Å². The van der Waals surface area contributed by atoms with Crippen LogP contribution in [0, 0.1) is 0 Å². The minimum Gasteiger partial charge on any atom is -0.396 e. The summed E-state index contributed by atoms with van der Waals surface area (Å²) in [5.41, 5.74) is 0. The van der Waals surface area contributed by atoms with Crippen LogP contribution in [0.3, 0.4) is 0 Å². The van der Waals surface area contributed by atoms with Crippen LogP contribution in [0.1, 0.15) is 39.5 Å². The molecule has 1 atom stereocenters. The SMILES string of the molecule is CCCC(S)(CC)CCO. The van der Waals surface area contributed by atoms with Crippen molar-refractivity contribution in [2.24, 2.45) is 0 Å². The molecule has 0 aromatic heterocycles. The van der Waals surface area contributed by atoms with Gasteiger partial charge in [-0.05, 0) is 19.3 Å². The molecule has 0 aromatic carbocycles. The molecule has 0 radical (unpaired) electrons. The van der Waals surface area contributed by atoms with Gasteiger partial charge in [0.15, 0.2) is 0 Å². The highest BCUT2D eigenvalue weighted by Gasteiger charge is 2.20. The third-order valence-electron chi connectivity index (χ3n) is 1.95. The van der Waals surface area contributed by atoms with E-state index in [4.69, 9.17) is 5.11 Å². The van der Waals surface area contributed by atoms with Crippen molar-refractivity contribution >= 4 is 12.6 Å². The van der Waals surface area contributed by atoms with Crippen molar-refractivity contribution < 1.29 is 5.11 Å². The van der Waals surface area contributed by atoms with E-state index in [1.807, 2.05) is 0 Å². The molecule has 0 spiro atoms. The van der Waals surface area contributed by atoms with Gasteiger partial charge in [-0.2, -0.15) is 12.6 Å². The summed E-state index contributed by atoms with van der Waals surface area (Å²) < 4.78 is 0.0868. The van der Waals surface area contributed by atoms with E-state index in [2.05, 4.69) is 26.5 Å². The average molecular weight is 162 g/mol. The van der Waals surface area contributed by atoms with Gasteiger partial charge in [0.1, 0.15) is 0 Å². The monoisotopic (exact) mass is 162 g/mol. The van der Waals surface area contributed by atoms with E-state index in [9.17, 15) is 0 Å². The van der Waals surface area contributed by atoms with Crippen LogP contribution >= 0.6 is 12.6 Å². The Labute approximate surface area is 69.2 Å². The summed E-state index contributed by atoms with van der Waals surface area (Å²) in [5.74, 6) is 0. The molecule has 1 nitrogen and oxygen atoms in total. The van der Waals surface area contributed by atoms with Crippen LogP contribution in [0.15, 0.2) is 0 Å². The number of hydrogen-bond donors (Lipinski definition) is 2. The fourth-order valence-corrected chi connectivity index (χ4v) is 1.48. The first kappa shape index (κ1) is 10.3. The molecular formula is C8H18OS. The summed E-state index contributed by atoms with van der Waals surface area (Å²) in [6, 6.07) is 0. The van der Waals surface area contributed by atoms with Gasteiger partial charge in [0, 0.05) is 11.4 Å². The molecule has 62 valence electrons. The second kappa shape index (κ2) is 5.03. The smallest absolute Gasteiger partial charge is 0.0444 e. The Morgan fingerprint density at radius 3 is 2.20 bits per heavy atom. The molecule has 0 saturated carbocycles. The molecule has 2 heteroatoms. The second-order valence-corrected chi connectivity index (χ2v) is 3.75. The predicted molar refractivity (Wildman–Crippen MR) is 48.6 cm³/mol. The highest BCUT2D eigenvalue weighted by molar-refractivity contribution is 7.81. The van der Waals surface area contributed by atoms with E-state index in [-0.39, 0.29) is 11.4 Å². The quantitative estimate of drug-likeness (QED) is 0.594. The Bertz CT molecular complexity index is 77.3. The van der Waals surface area contributed by atoms with Crippen LogP contribution in [-0.4, -0.2) is 16.5 Å². The summed E-state index contributed by atoms with van der Waals surface area (Å²) in [6.07, 6.45) is 4.12. The molecule has 0 aliphatic carbocycles. The van der Waals surface area contributed by atoms with Gasteiger partial charge in [-0.3, -0.25) is 0 Å². The normalized spacial score (nSPS) is 16.8. The standard InChI is InChI=1S/C8H18OS/c1-3-5-8(10,4-2)6-7-9/h9-10H,3-7H2,1-2H3. The van der Waals surface area contributed by atoms with Crippen LogP contribution in [0.5, 0.6) is 0 Å². The van der Waals surface area contributed by atoms with E-state index in [0.717, 1.165) is 25.7 Å². The van der Waals surface area contributed by atoms with E-state index in [1.54, 1.807) is 0 Å². The van der Waals surface area contributed by atoms with E-state index >= 15 is 0 Å². The Balaban J connectivity index is 3.69. The average Bonchev–Trinajstić information content (AvgIpc) is 1.89. The van der Waals surface area contributed by atoms with Crippen LogP contribution in [-0.2, 0) is 0 Å². The maximum atomic E-state index is 8.71. The Morgan fingerprint density at radius 1 is 1.30 bits per heavy atom. The highest BCUT2D eigenvalue weighted by Crippen LogP contribution is 2.28. The van der Waals surface area contributed by atoms with Gasteiger partial charge >= 0.3 is 0 Å². The first-order chi connectivity index (χ1) is 4.68. The molecule has 0 saturated heterocycles. The Morgan fingerprint density at radius 2 is 1.90 bits per heavy atom. The number of rotatable bonds is 5. The summed E-state index contributed by atoms with van der Waals surface area (Å²) in [5, 5.41) is 8.71. The largest absolute Gasteiger partial charge is 0.396 e. The molecule has 0 fully saturated rings. The molecule has 0 aliphatic heterocycles. The minimum absolute atomic E-state index is 0.0868. The van der Waals surface area contributed by atoms with Gasteiger partial charge in [0.2, 0.25) is 0 Å². The van der Waals surface area contributed by atoms with Crippen LogP contribution in [0.2, 0.25) is 0 Å². The number of aliphatic hydroxyl groups excluding tert-OH is 1. The Hall–Kier alpha value is 0.310. The molecule has 1 unspecified atom stereocenters. The lowest BCUT2D eigenvalue weighted by atomic mass is 9.96. The van der Waals surface area contributed by atoms with Crippen molar-refractivity contribution in [3.05, 3.63) is 0 Å². The summed E-state index contributed by atoms with van der Waals surface area (Å²) >= 11 is 4.52. The molecule has 0 amide bonds. The second-order valence-electron chi connectivity index (χ2n) is 2.80. The maximum absolute atomic E-state index is 8.71. The number of thiol groups is 1. The summed E-state index contributed by atoms with van der Waals surface area (Å²) in [6.45, 7) is 4.54. The third kappa shape index (κ3) is 3.47. The topological polar surface area (TPSA) is 20.2 Å². The zero-order valence-corrected chi connectivity index (χ0v) is 7.82. The molecule has 0 heterocycles. The van der Waals surface area contributed by atoms with Gasteiger partial charge in [-0.15, -0.1) is 0 Å². The highest BCUT2D eigenvalue weighted by atomic mass is 32.1. The van der Waals surface area contributed by atoms with Gasteiger partial charge in [-0.25, -0.2) is 0 Å². The molecule has 0 rings (SSSR count). The van der Waals surface area contributed by atoms with Gasteiger partial charge in [-0.1, -0.05) is 20.3 Å². The molecule has 0 aromatic rings. The number of aliphatic hydroxyl groups is 1. The number of hydrogen-bond acceptors (Lipinski definition) is 2. The van der Waals surface area contributed by atoms with Crippen molar-refractivity contribution in [2.45, 2.75) is 44.3 Å². The van der Waals surface area contributed by atoms with Crippen LogP contribution < -0.4 is 0 Å². The van der Waals surface area contributed by atoms with Crippen molar-refractivity contribution in [3.63, 3.8) is 0 Å². The molecule has 1 N–H and O–H groups in total. The third-order valence-corrected chi connectivity index (χ3v) is 2.71.